The molecule has 0 aliphatic heterocycles. The van der Waals surface area contributed by atoms with E-state index >= 15 is 0 Å². The number of benzene rings is 4. The summed E-state index contributed by atoms with van der Waals surface area (Å²) in [5.74, 6) is 0.608. The summed E-state index contributed by atoms with van der Waals surface area (Å²) in [6.07, 6.45) is 4.37. The molecule has 0 aliphatic rings. The van der Waals surface area contributed by atoms with Crippen LogP contribution in [0.2, 0.25) is 0 Å². The van der Waals surface area contributed by atoms with Gasteiger partial charge in [-0.25, -0.2) is 4.79 Å². The minimum atomic E-state index is -0.272. The summed E-state index contributed by atoms with van der Waals surface area (Å²) in [6.45, 7) is 5.50. The number of fused-ring (bicyclic) bond motifs is 2. The molecule has 0 amide bonds. The molecule has 0 spiro atoms. The highest BCUT2D eigenvalue weighted by atomic mass is 127. The Hall–Kier alpha value is -3.63. The quantitative estimate of drug-likeness (QED) is 0.0476. The van der Waals surface area contributed by atoms with Gasteiger partial charge >= 0.3 is 5.97 Å². The zero-order valence-electron chi connectivity index (χ0n) is 27.8. The first-order chi connectivity index (χ1) is 23.4. The number of carbonyl (C=O) groups excluding carboxylic acids is 1. The molecule has 248 valence electrons. The molecule has 0 fully saturated rings. The molecule has 48 heavy (non-hydrogen) atoms. The van der Waals surface area contributed by atoms with Crippen LogP contribution in [0.15, 0.2) is 84.9 Å². The van der Waals surface area contributed by atoms with Crippen LogP contribution in [0.3, 0.4) is 0 Å². The number of nitrogens with zero attached hydrogens (tertiary/aromatic N) is 3. The van der Waals surface area contributed by atoms with Crippen LogP contribution < -0.4 is 4.74 Å². The highest BCUT2D eigenvalue weighted by molar-refractivity contribution is 14.1. The lowest BCUT2D eigenvalue weighted by Gasteiger charge is -2.14. The largest absolute Gasteiger partial charge is 0.493 e. The van der Waals surface area contributed by atoms with Gasteiger partial charge in [-0.1, -0.05) is 82.7 Å². The van der Waals surface area contributed by atoms with Crippen molar-refractivity contribution in [3.63, 3.8) is 0 Å². The van der Waals surface area contributed by atoms with Gasteiger partial charge in [0, 0.05) is 44.4 Å². The van der Waals surface area contributed by atoms with Gasteiger partial charge in [-0.05, 0) is 103 Å². The molecule has 6 aromatic rings. The van der Waals surface area contributed by atoms with E-state index in [1.165, 1.54) is 9.13 Å². The summed E-state index contributed by atoms with van der Waals surface area (Å²) in [6, 6.07) is 29.6. The average Bonchev–Trinajstić information content (AvgIpc) is 3.57. The number of rotatable bonds is 14. The van der Waals surface area contributed by atoms with Crippen LogP contribution in [0.1, 0.15) is 59.2 Å². The van der Waals surface area contributed by atoms with Gasteiger partial charge in [0.15, 0.2) is 0 Å². The topological polar surface area (TPSA) is 58.3 Å². The van der Waals surface area contributed by atoms with Gasteiger partial charge in [0.25, 0.3) is 0 Å². The molecule has 2 heterocycles. The second-order valence-electron chi connectivity index (χ2n) is 12.1. The summed E-state index contributed by atoms with van der Waals surface area (Å²) >= 11 is 6.06. The Labute approximate surface area is 304 Å². The summed E-state index contributed by atoms with van der Waals surface area (Å²) < 4.78 is 17.5. The van der Waals surface area contributed by atoms with Gasteiger partial charge in [-0.15, -0.1) is 0 Å². The predicted octanol–water partition coefficient (Wildman–Crippen LogP) is 10.2. The summed E-state index contributed by atoms with van der Waals surface area (Å²) in [4.78, 5) is 13.9. The molecule has 0 N–H and O–H groups in total. The number of unbranched alkanes of at least 4 members (excludes halogenated alkanes) is 1. The fourth-order valence-electron chi connectivity index (χ4n) is 6.80. The molecule has 0 saturated carbocycles. The lowest BCUT2D eigenvalue weighted by Crippen LogP contribution is -2.15. The number of aryl methyl sites for hydroxylation is 5. The molecule has 6 rings (SSSR count). The lowest BCUT2D eigenvalue weighted by molar-refractivity contribution is 0.0512. The smallest absolute Gasteiger partial charge is 0.355 e. The Bertz CT molecular complexity index is 2040. The molecule has 0 unspecified atom stereocenters. The van der Waals surface area contributed by atoms with Crippen molar-refractivity contribution >= 4 is 66.2 Å². The summed E-state index contributed by atoms with van der Waals surface area (Å²) in [7, 11) is 1.99. The Balaban J connectivity index is 1.37. The molecule has 8 heteroatoms. The van der Waals surface area contributed by atoms with Gasteiger partial charge in [-0.3, -0.25) is 4.68 Å². The first-order valence-electron chi connectivity index (χ1n) is 16.7. The molecule has 2 aromatic heterocycles. The lowest BCUT2D eigenvalue weighted by atomic mass is 9.98. The van der Waals surface area contributed by atoms with Crippen molar-refractivity contribution in [3.8, 4) is 16.9 Å². The summed E-state index contributed by atoms with van der Waals surface area (Å²) in [5.41, 5.74) is 8.35. The number of carbonyl (C=O) groups is 1. The Morgan fingerprint density at radius 2 is 1.65 bits per heavy atom. The third-order valence-electron chi connectivity index (χ3n) is 8.98. The van der Waals surface area contributed by atoms with Crippen molar-refractivity contribution in [2.45, 2.75) is 57.8 Å². The van der Waals surface area contributed by atoms with Crippen LogP contribution in [0.4, 0.5) is 0 Å². The number of alkyl halides is 1. The van der Waals surface area contributed by atoms with Crippen molar-refractivity contribution in [1.29, 1.82) is 0 Å². The zero-order chi connectivity index (χ0) is 33.6. The highest BCUT2D eigenvalue weighted by Crippen LogP contribution is 2.39. The number of hydrogen-bond donors (Lipinski definition) is 0. The van der Waals surface area contributed by atoms with Crippen LogP contribution in [0, 0.1) is 10.5 Å². The van der Waals surface area contributed by atoms with E-state index < -0.39 is 0 Å². The number of ether oxygens (including phenoxy) is 2. The number of halogens is 2. The second kappa shape index (κ2) is 15.7. The van der Waals surface area contributed by atoms with E-state index in [0.29, 0.717) is 37.2 Å². The van der Waals surface area contributed by atoms with Crippen molar-refractivity contribution in [1.82, 2.24) is 14.3 Å². The molecular weight excluding hydrogens is 777 g/mol. The first kappa shape index (κ1) is 34.2. The fraction of sp³-hybridized carbons (Fsp3) is 0.300. The monoisotopic (exact) mass is 817 g/mol. The highest BCUT2D eigenvalue weighted by Gasteiger charge is 2.27. The average molecular weight is 819 g/mol. The maximum absolute atomic E-state index is 13.9. The van der Waals surface area contributed by atoms with Gasteiger partial charge in [0.2, 0.25) is 0 Å². The second-order valence-corrected chi connectivity index (χ2v) is 13.9. The van der Waals surface area contributed by atoms with Crippen LogP contribution in [0.25, 0.3) is 32.8 Å². The van der Waals surface area contributed by atoms with Gasteiger partial charge in [0.1, 0.15) is 11.4 Å². The number of esters is 1. The zero-order valence-corrected chi connectivity index (χ0v) is 31.5. The van der Waals surface area contributed by atoms with E-state index in [9.17, 15) is 4.79 Å². The minimum Gasteiger partial charge on any atom is -0.493 e. The van der Waals surface area contributed by atoms with Gasteiger partial charge < -0.3 is 14.0 Å². The van der Waals surface area contributed by atoms with E-state index in [1.807, 2.05) is 42.9 Å². The molecule has 0 aliphatic carbocycles. The van der Waals surface area contributed by atoms with Gasteiger partial charge in [-0.2, -0.15) is 5.10 Å². The van der Waals surface area contributed by atoms with Crippen LogP contribution in [0.5, 0.6) is 5.75 Å². The van der Waals surface area contributed by atoms with Crippen molar-refractivity contribution in [2.75, 3.05) is 13.2 Å². The molecule has 6 nitrogen and oxygen atoms in total. The van der Waals surface area contributed by atoms with E-state index in [2.05, 4.69) is 111 Å². The van der Waals surface area contributed by atoms with E-state index in [4.69, 9.17) is 14.6 Å². The molecule has 0 radical (unpaired) electrons. The van der Waals surface area contributed by atoms with Crippen molar-refractivity contribution in [2.24, 2.45) is 7.05 Å². The van der Waals surface area contributed by atoms with Crippen molar-refractivity contribution in [3.05, 3.63) is 117 Å². The van der Waals surface area contributed by atoms with E-state index in [0.717, 1.165) is 81.2 Å². The normalized spacial score (nSPS) is 11.4. The van der Waals surface area contributed by atoms with E-state index in [-0.39, 0.29) is 5.97 Å². The number of para-hydroxylation sites is 1. The molecule has 0 atom stereocenters. The standard InChI is InChI=1S/C40H41BrIN3O3/c1-4-47-40(46)39-33(18-11-25-48-36-19-9-14-29-13-5-6-15-31(29)36)32-16-10-17-34(37-27(2)43-44(3)35(37)26-41)38(32)45(39)24-8-7-12-28-20-22-30(42)23-21-28/h5-6,9-10,13-17,19-23H,4,7-8,11-12,18,24-26H2,1-3H3. The molecule has 0 saturated heterocycles. The van der Waals surface area contributed by atoms with Crippen LogP contribution >= 0.6 is 38.5 Å². The number of hydrogen-bond acceptors (Lipinski definition) is 4. The maximum Gasteiger partial charge on any atom is 0.355 e. The molecule has 0 bridgehead atoms. The third-order valence-corrected chi connectivity index (χ3v) is 10.2. The van der Waals surface area contributed by atoms with Crippen LogP contribution in [-0.2, 0) is 36.5 Å². The minimum absolute atomic E-state index is 0.272. The van der Waals surface area contributed by atoms with Crippen molar-refractivity contribution < 1.29 is 14.3 Å². The maximum atomic E-state index is 13.9. The number of aromatic nitrogens is 3. The third kappa shape index (κ3) is 7.20. The summed E-state index contributed by atoms with van der Waals surface area (Å²) in [5, 5.41) is 8.81. The van der Waals surface area contributed by atoms with Crippen LogP contribution in [-0.4, -0.2) is 33.5 Å². The Morgan fingerprint density at radius 3 is 2.44 bits per heavy atom. The fourth-order valence-corrected chi connectivity index (χ4v) is 7.81. The molecular formula is C40H41BrIN3O3. The first-order valence-corrected chi connectivity index (χ1v) is 18.9. The SMILES string of the molecule is CCOC(=O)c1c(CCCOc2cccc3ccccc23)c2cccc(-c3c(C)nn(C)c3CBr)c2n1CCCCc1ccc(I)cc1. The predicted molar refractivity (Wildman–Crippen MR) is 207 cm³/mol. The Kier molecular flexibility index (Phi) is 11.2. The van der Waals surface area contributed by atoms with E-state index in [1.54, 1.807) is 0 Å². The molecule has 4 aromatic carbocycles. The van der Waals surface area contributed by atoms with Gasteiger partial charge in [0.05, 0.1) is 30.1 Å². The Morgan fingerprint density at radius 1 is 0.896 bits per heavy atom.